The van der Waals surface area contributed by atoms with E-state index in [0.717, 1.165) is 18.5 Å². The molecule has 12 heteroatoms. The Morgan fingerprint density at radius 2 is 2.17 bits per heavy atom. The number of hydrogen-bond acceptors (Lipinski definition) is 8. The maximum absolute atomic E-state index is 11.8. The van der Waals surface area contributed by atoms with Crippen LogP contribution in [-0.4, -0.2) is 55.6 Å². The van der Waals surface area contributed by atoms with Crippen molar-refractivity contribution in [3.8, 4) is 17.1 Å². The van der Waals surface area contributed by atoms with Gasteiger partial charge in [-0.2, -0.15) is 5.10 Å². The van der Waals surface area contributed by atoms with E-state index in [1.54, 1.807) is 35.3 Å². The van der Waals surface area contributed by atoms with Gasteiger partial charge in [0.05, 0.1) is 30.1 Å². The largest absolute Gasteiger partial charge is 0.478 e. The predicted molar refractivity (Wildman–Crippen MR) is 107 cm³/mol. The molecule has 154 valence electrons. The van der Waals surface area contributed by atoms with Crippen LogP contribution in [0.1, 0.15) is 18.2 Å². The van der Waals surface area contributed by atoms with Crippen molar-refractivity contribution in [2.75, 3.05) is 12.9 Å². The van der Waals surface area contributed by atoms with Crippen molar-refractivity contribution >= 4 is 27.1 Å². The first kappa shape index (κ1) is 18.9. The Bertz CT molecular complexity index is 1370. The molecule has 4 aromatic rings. The number of rotatable bonds is 4. The maximum Gasteiger partial charge on any atom is 0.247 e. The number of sulfone groups is 1. The third-order valence-electron chi connectivity index (χ3n) is 4.85. The number of halogens is 1. The van der Waals surface area contributed by atoms with Crippen molar-refractivity contribution in [3.05, 3.63) is 47.6 Å². The van der Waals surface area contributed by atoms with E-state index in [1.165, 1.54) is 6.20 Å². The molecule has 30 heavy (non-hydrogen) atoms. The first-order valence-electron chi connectivity index (χ1n) is 9.12. The summed E-state index contributed by atoms with van der Waals surface area (Å²) < 4.78 is 33.2. The normalized spacial score (nSPS) is 16.4. The quantitative estimate of drug-likeness (QED) is 0.438. The van der Waals surface area contributed by atoms with E-state index >= 15 is 0 Å². The molecule has 0 aromatic carbocycles. The van der Waals surface area contributed by atoms with Crippen molar-refractivity contribution in [1.29, 1.82) is 0 Å². The van der Waals surface area contributed by atoms with Crippen LogP contribution in [0.15, 0.2) is 41.9 Å². The van der Waals surface area contributed by atoms with E-state index in [2.05, 4.69) is 25.3 Å². The SMILES string of the molecule is CS(=O)(=O)c1nccc(-c2cc3n4c(nnc4c2)C(Cn2cc(Cl)cn2)CCO3)n1. The minimum absolute atomic E-state index is 0.0407. The summed E-state index contributed by atoms with van der Waals surface area (Å²) >= 11 is 5.98. The van der Waals surface area contributed by atoms with Gasteiger partial charge in [0.25, 0.3) is 0 Å². The topological polar surface area (TPSA) is 117 Å². The number of nitrogens with zero attached hydrogens (tertiary/aromatic N) is 7. The van der Waals surface area contributed by atoms with Crippen molar-refractivity contribution in [2.24, 2.45) is 0 Å². The van der Waals surface area contributed by atoms with Crippen molar-refractivity contribution in [2.45, 2.75) is 24.0 Å². The minimum atomic E-state index is -3.52. The third kappa shape index (κ3) is 3.39. The molecule has 5 rings (SSSR count). The Morgan fingerprint density at radius 1 is 1.30 bits per heavy atom. The Morgan fingerprint density at radius 3 is 2.93 bits per heavy atom. The zero-order chi connectivity index (χ0) is 20.9. The first-order valence-corrected chi connectivity index (χ1v) is 11.4. The Labute approximate surface area is 176 Å². The van der Waals surface area contributed by atoms with E-state index in [-0.39, 0.29) is 11.1 Å². The van der Waals surface area contributed by atoms with E-state index in [1.807, 2.05) is 4.40 Å². The summed E-state index contributed by atoms with van der Waals surface area (Å²) in [5.74, 6) is 1.39. The van der Waals surface area contributed by atoms with Gasteiger partial charge >= 0.3 is 0 Å². The Kier molecular flexibility index (Phi) is 4.44. The monoisotopic (exact) mass is 445 g/mol. The van der Waals surface area contributed by atoms with Crippen LogP contribution in [0.3, 0.4) is 0 Å². The number of ether oxygens (including phenoxy) is 1. The van der Waals surface area contributed by atoms with E-state index in [4.69, 9.17) is 16.3 Å². The molecule has 0 bridgehead atoms. The summed E-state index contributed by atoms with van der Waals surface area (Å²) in [6.45, 7) is 1.08. The summed E-state index contributed by atoms with van der Waals surface area (Å²) in [5, 5.41) is 13.3. The fourth-order valence-corrected chi connectivity index (χ4v) is 4.15. The third-order valence-corrected chi connectivity index (χ3v) is 5.90. The van der Waals surface area contributed by atoms with Gasteiger partial charge in [0, 0.05) is 36.2 Å². The van der Waals surface area contributed by atoms with Crippen LogP contribution in [0.5, 0.6) is 5.88 Å². The van der Waals surface area contributed by atoms with Gasteiger partial charge in [-0.1, -0.05) is 11.6 Å². The van der Waals surface area contributed by atoms with Gasteiger partial charge in [0.1, 0.15) is 5.82 Å². The average Bonchev–Trinajstić information content (AvgIpc) is 3.27. The van der Waals surface area contributed by atoms with Gasteiger partial charge in [0.2, 0.25) is 20.9 Å². The van der Waals surface area contributed by atoms with E-state index in [0.29, 0.717) is 41.0 Å². The molecule has 0 amide bonds. The summed E-state index contributed by atoms with van der Waals surface area (Å²) in [6.07, 6.45) is 6.59. The van der Waals surface area contributed by atoms with Crippen LogP contribution < -0.4 is 4.74 Å². The summed E-state index contributed by atoms with van der Waals surface area (Å²) in [5.41, 5.74) is 1.72. The molecular weight excluding hydrogens is 430 g/mol. The molecule has 1 aliphatic rings. The van der Waals surface area contributed by atoms with Crippen LogP contribution in [-0.2, 0) is 16.4 Å². The molecule has 0 saturated carbocycles. The zero-order valence-electron chi connectivity index (χ0n) is 15.8. The molecule has 0 N–H and O–H groups in total. The zero-order valence-corrected chi connectivity index (χ0v) is 17.4. The van der Waals surface area contributed by atoms with Gasteiger partial charge in [0.15, 0.2) is 5.65 Å². The molecule has 0 spiro atoms. The molecule has 1 unspecified atom stereocenters. The first-order chi connectivity index (χ1) is 14.4. The van der Waals surface area contributed by atoms with Gasteiger partial charge in [-0.15, -0.1) is 10.2 Å². The van der Waals surface area contributed by atoms with Crippen LogP contribution in [0.25, 0.3) is 16.9 Å². The summed E-state index contributed by atoms with van der Waals surface area (Å²) in [6, 6.07) is 5.25. The summed E-state index contributed by atoms with van der Waals surface area (Å²) in [4.78, 5) is 8.02. The van der Waals surface area contributed by atoms with Crippen molar-refractivity contribution in [1.82, 2.24) is 34.3 Å². The Hall–Kier alpha value is -3.05. The second-order valence-corrected chi connectivity index (χ2v) is 9.39. The molecule has 0 saturated heterocycles. The number of pyridine rings is 1. The smallest absolute Gasteiger partial charge is 0.247 e. The molecule has 10 nitrogen and oxygen atoms in total. The van der Waals surface area contributed by atoms with Gasteiger partial charge < -0.3 is 4.74 Å². The molecule has 1 atom stereocenters. The highest BCUT2D eigenvalue weighted by Crippen LogP contribution is 2.32. The minimum Gasteiger partial charge on any atom is -0.478 e. The van der Waals surface area contributed by atoms with E-state index < -0.39 is 9.84 Å². The molecule has 5 heterocycles. The van der Waals surface area contributed by atoms with Gasteiger partial charge in [-0.3, -0.25) is 4.68 Å². The van der Waals surface area contributed by atoms with Crippen LogP contribution in [0.4, 0.5) is 0 Å². The fourth-order valence-electron chi connectivity index (χ4n) is 3.48. The van der Waals surface area contributed by atoms with Crippen molar-refractivity contribution < 1.29 is 13.2 Å². The molecule has 0 fully saturated rings. The lowest BCUT2D eigenvalue weighted by atomic mass is 10.1. The highest BCUT2D eigenvalue weighted by molar-refractivity contribution is 7.90. The lowest BCUT2D eigenvalue weighted by Crippen LogP contribution is -2.13. The van der Waals surface area contributed by atoms with Crippen LogP contribution in [0, 0.1) is 0 Å². The van der Waals surface area contributed by atoms with Crippen LogP contribution in [0.2, 0.25) is 5.02 Å². The van der Waals surface area contributed by atoms with Crippen molar-refractivity contribution in [3.63, 3.8) is 0 Å². The molecular formula is C18H16ClN7O3S. The number of aromatic nitrogens is 7. The highest BCUT2D eigenvalue weighted by Gasteiger charge is 2.25. The average molecular weight is 446 g/mol. The molecule has 0 radical (unpaired) electrons. The lowest BCUT2D eigenvalue weighted by molar-refractivity contribution is 0.291. The molecule has 4 aromatic heterocycles. The van der Waals surface area contributed by atoms with Gasteiger partial charge in [-0.05, 0) is 18.6 Å². The Balaban J connectivity index is 1.57. The predicted octanol–water partition coefficient (Wildman–Crippen LogP) is 2.01. The number of hydrogen-bond donors (Lipinski definition) is 0. The van der Waals surface area contributed by atoms with Gasteiger partial charge in [-0.25, -0.2) is 22.8 Å². The second-order valence-electron chi connectivity index (χ2n) is 7.05. The standard InChI is InChI=1S/C18H16ClN7O3S/c1-30(27,28)18-20-4-2-14(22-18)12-6-15-23-24-17-11(9-25-10-13(19)8-21-25)3-5-29-16(7-12)26(15)17/h2,4,6-8,10-11H,3,5,9H2,1H3. The highest BCUT2D eigenvalue weighted by atomic mass is 35.5. The van der Waals surface area contributed by atoms with Crippen LogP contribution >= 0.6 is 11.6 Å². The molecule has 1 aliphatic heterocycles. The maximum atomic E-state index is 11.8. The fraction of sp³-hybridized carbons (Fsp3) is 0.278. The lowest BCUT2D eigenvalue weighted by Gasteiger charge is -2.12. The summed E-state index contributed by atoms with van der Waals surface area (Å²) in [7, 11) is -3.52. The second kappa shape index (κ2) is 7.03. The molecule has 0 aliphatic carbocycles. The van der Waals surface area contributed by atoms with E-state index in [9.17, 15) is 8.42 Å².